The highest BCUT2D eigenvalue weighted by Gasteiger charge is 2.41. The van der Waals surface area contributed by atoms with Gasteiger partial charge < -0.3 is 9.76 Å². The monoisotopic (exact) mass is 287 g/mol. The molecule has 1 aromatic rings. The van der Waals surface area contributed by atoms with Crippen LogP contribution in [0.3, 0.4) is 0 Å². The number of hydrogen-bond donors (Lipinski definition) is 0. The van der Waals surface area contributed by atoms with Gasteiger partial charge in [0.25, 0.3) is 0 Å². The van der Waals surface area contributed by atoms with Crippen molar-refractivity contribution >= 4 is 18.6 Å². The fourth-order valence-corrected chi connectivity index (χ4v) is 1.17. The molecule has 1 rings (SSSR count). The predicted molar refractivity (Wildman–Crippen MR) is 71.3 cm³/mol. The third-order valence-corrected chi connectivity index (χ3v) is 3.23. The van der Waals surface area contributed by atoms with Gasteiger partial charge in [0.15, 0.2) is 11.4 Å². The SMILES string of the molecule is CC(C)([OH2+])C(C)(C)O[B]c1cc(F)cc([N+](=O)[O-])c1F. The molecule has 109 valence electrons. The number of nitrogens with zero attached hydrogens (tertiary/aromatic N) is 1. The van der Waals surface area contributed by atoms with Crippen LogP contribution >= 0.6 is 0 Å². The van der Waals surface area contributed by atoms with Gasteiger partial charge in [-0.1, -0.05) is 0 Å². The molecule has 0 aliphatic heterocycles. The molecule has 0 aliphatic rings. The van der Waals surface area contributed by atoms with Gasteiger partial charge >= 0.3 is 13.2 Å². The van der Waals surface area contributed by atoms with E-state index >= 15 is 0 Å². The van der Waals surface area contributed by atoms with Crippen molar-refractivity contribution in [3.8, 4) is 0 Å². The summed E-state index contributed by atoms with van der Waals surface area (Å²) in [7, 11) is 0.904. The standard InChI is InChI=1S/C12H15BF2NO4/c1-11(2,17)12(3,4)20-13-8-5-7(14)6-9(10(8)15)16(18)19/h5-6,17H,1-4H3/p+1. The Kier molecular flexibility index (Phi) is 4.50. The van der Waals surface area contributed by atoms with E-state index in [-0.39, 0.29) is 5.46 Å². The average molecular weight is 287 g/mol. The number of benzene rings is 1. The fourth-order valence-electron chi connectivity index (χ4n) is 1.17. The van der Waals surface area contributed by atoms with Crippen LogP contribution in [0, 0.1) is 21.7 Å². The Morgan fingerprint density at radius 2 is 1.85 bits per heavy atom. The Hall–Kier alpha value is -1.54. The molecule has 0 unspecified atom stereocenters. The Morgan fingerprint density at radius 3 is 2.30 bits per heavy atom. The van der Waals surface area contributed by atoms with Gasteiger partial charge in [-0.2, -0.15) is 4.39 Å². The minimum atomic E-state index is -1.17. The van der Waals surface area contributed by atoms with Gasteiger partial charge in [-0.3, -0.25) is 10.1 Å². The molecule has 1 aromatic carbocycles. The minimum Gasteiger partial charge on any atom is -0.439 e. The van der Waals surface area contributed by atoms with Gasteiger partial charge in [-0.25, -0.2) is 4.39 Å². The van der Waals surface area contributed by atoms with Crippen molar-refractivity contribution in [3.63, 3.8) is 0 Å². The molecular formula is C12H16BF2NO4+. The summed E-state index contributed by atoms with van der Waals surface area (Å²) in [6.45, 7) is 6.43. The van der Waals surface area contributed by atoms with Crippen LogP contribution in [0.15, 0.2) is 12.1 Å². The lowest BCUT2D eigenvalue weighted by molar-refractivity contribution is -0.387. The second kappa shape index (κ2) is 5.45. The zero-order chi connectivity index (χ0) is 15.7. The number of halogens is 2. The maximum absolute atomic E-state index is 13.8. The van der Waals surface area contributed by atoms with E-state index in [1.807, 2.05) is 0 Å². The summed E-state index contributed by atoms with van der Waals surface area (Å²) in [5, 5.41) is 18.5. The molecule has 8 heteroatoms. The van der Waals surface area contributed by atoms with Crippen LogP contribution in [-0.2, 0) is 4.65 Å². The maximum atomic E-state index is 13.8. The van der Waals surface area contributed by atoms with E-state index in [4.69, 9.17) is 9.76 Å². The van der Waals surface area contributed by atoms with Gasteiger partial charge in [0, 0.05) is 13.8 Å². The van der Waals surface area contributed by atoms with Gasteiger partial charge in [0.05, 0.1) is 11.0 Å². The zero-order valence-electron chi connectivity index (χ0n) is 11.7. The summed E-state index contributed by atoms with van der Waals surface area (Å²) >= 11 is 0. The molecule has 0 fully saturated rings. The molecule has 0 spiro atoms. The highest BCUT2D eigenvalue weighted by molar-refractivity contribution is 6.47. The first-order valence-electron chi connectivity index (χ1n) is 5.85. The third-order valence-electron chi connectivity index (χ3n) is 3.23. The second-order valence-electron chi connectivity index (χ2n) is 5.46. The molecule has 0 saturated heterocycles. The molecule has 0 amide bonds. The Morgan fingerprint density at radius 1 is 1.30 bits per heavy atom. The molecular weight excluding hydrogens is 271 g/mol. The van der Waals surface area contributed by atoms with Gasteiger partial charge in [-0.05, 0) is 25.4 Å². The Labute approximate surface area is 116 Å². The number of rotatable bonds is 5. The highest BCUT2D eigenvalue weighted by Crippen LogP contribution is 2.24. The molecule has 0 aromatic heterocycles. The summed E-state index contributed by atoms with van der Waals surface area (Å²) in [4.78, 5) is 9.60. The molecule has 0 atom stereocenters. The van der Waals surface area contributed by atoms with Gasteiger partial charge in [0.1, 0.15) is 11.4 Å². The van der Waals surface area contributed by atoms with Crippen molar-refractivity contribution in [1.29, 1.82) is 0 Å². The summed E-state index contributed by atoms with van der Waals surface area (Å²) < 4.78 is 32.4. The quantitative estimate of drug-likeness (QED) is 0.355. The molecule has 0 saturated carbocycles. The van der Waals surface area contributed by atoms with Crippen LogP contribution in [0.4, 0.5) is 14.5 Å². The van der Waals surface area contributed by atoms with Crippen LogP contribution in [0.25, 0.3) is 0 Å². The molecule has 0 bridgehead atoms. The first-order valence-corrected chi connectivity index (χ1v) is 5.85. The Balaban J connectivity index is 3.03. The largest absolute Gasteiger partial charge is 0.439 e. The molecule has 1 radical (unpaired) electrons. The van der Waals surface area contributed by atoms with Crippen molar-refractivity contribution in [2.45, 2.75) is 38.9 Å². The topological polar surface area (TPSA) is 75.3 Å². The lowest BCUT2D eigenvalue weighted by Gasteiger charge is -2.33. The van der Waals surface area contributed by atoms with Crippen LogP contribution in [-0.4, -0.2) is 28.7 Å². The van der Waals surface area contributed by atoms with Crippen molar-refractivity contribution < 1.29 is 23.5 Å². The van der Waals surface area contributed by atoms with Crippen LogP contribution < -0.4 is 5.46 Å². The van der Waals surface area contributed by atoms with Crippen LogP contribution in [0.1, 0.15) is 27.7 Å². The predicted octanol–water partition coefficient (Wildman–Crippen LogP) is 1.42. The smallest absolute Gasteiger partial charge is 0.334 e. The van der Waals surface area contributed by atoms with Crippen LogP contribution in [0.5, 0.6) is 0 Å². The highest BCUT2D eigenvalue weighted by atomic mass is 19.1. The normalized spacial score (nSPS) is 12.3. The first kappa shape index (κ1) is 16.5. The number of hydrogen-bond acceptors (Lipinski definition) is 3. The summed E-state index contributed by atoms with van der Waals surface area (Å²) in [6, 6.07) is 1.31. The first-order chi connectivity index (χ1) is 8.95. The number of nitro groups is 1. The van der Waals surface area contributed by atoms with Crippen molar-refractivity contribution in [2.24, 2.45) is 0 Å². The van der Waals surface area contributed by atoms with Gasteiger partial charge in [-0.15, -0.1) is 0 Å². The molecule has 5 nitrogen and oxygen atoms in total. The third kappa shape index (κ3) is 3.52. The summed E-state index contributed by atoms with van der Waals surface area (Å²) in [6.07, 6.45) is 0. The molecule has 0 aliphatic carbocycles. The van der Waals surface area contributed by atoms with E-state index < -0.39 is 33.4 Å². The molecule has 20 heavy (non-hydrogen) atoms. The lowest BCUT2D eigenvalue weighted by atomic mass is 9.82. The fraction of sp³-hybridized carbons (Fsp3) is 0.500. The Bertz CT molecular complexity index is 529. The molecule has 0 heterocycles. The average Bonchev–Trinajstić information content (AvgIpc) is 2.28. The van der Waals surface area contributed by atoms with Crippen LogP contribution in [0.2, 0.25) is 0 Å². The maximum Gasteiger partial charge on any atom is 0.334 e. The zero-order valence-corrected chi connectivity index (χ0v) is 11.7. The summed E-state index contributed by atoms with van der Waals surface area (Å²) in [5.41, 5.74) is -3.31. The summed E-state index contributed by atoms with van der Waals surface area (Å²) in [5.74, 6) is -2.11. The van der Waals surface area contributed by atoms with E-state index in [0.717, 1.165) is 13.5 Å². The lowest BCUT2D eigenvalue weighted by Crippen LogP contribution is -2.49. The minimum absolute atomic E-state index is 0.367. The van der Waals surface area contributed by atoms with Crippen molar-refractivity contribution in [1.82, 2.24) is 0 Å². The van der Waals surface area contributed by atoms with E-state index in [0.29, 0.717) is 6.07 Å². The van der Waals surface area contributed by atoms with E-state index in [1.165, 1.54) is 0 Å². The van der Waals surface area contributed by atoms with E-state index in [1.54, 1.807) is 27.7 Å². The number of nitro benzene ring substituents is 1. The van der Waals surface area contributed by atoms with E-state index in [9.17, 15) is 18.9 Å². The van der Waals surface area contributed by atoms with Crippen molar-refractivity contribution in [2.75, 3.05) is 0 Å². The molecule has 2 N–H and O–H groups in total. The second-order valence-corrected chi connectivity index (χ2v) is 5.46. The van der Waals surface area contributed by atoms with E-state index in [2.05, 4.69) is 0 Å². The van der Waals surface area contributed by atoms with Gasteiger partial charge in [0.2, 0.25) is 0 Å². The van der Waals surface area contributed by atoms with Crippen molar-refractivity contribution in [3.05, 3.63) is 33.9 Å².